The van der Waals surface area contributed by atoms with E-state index in [1.54, 1.807) is 30.3 Å². The molecule has 1 aromatic carbocycles. The van der Waals surface area contributed by atoms with E-state index in [9.17, 15) is 9.59 Å². The van der Waals surface area contributed by atoms with Gasteiger partial charge in [-0.3, -0.25) is 9.59 Å². The van der Waals surface area contributed by atoms with E-state index >= 15 is 0 Å². The number of nitrogens with two attached hydrogens (primary N) is 1. The Labute approximate surface area is 110 Å². The Morgan fingerprint density at radius 3 is 2.24 bits per heavy atom. The third-order valence-electron chi connectivity index (χ3n) is 1.91. The number of halogens is 2. The second kappa shape index (κ2) is 7.27. The topological polar surface area (TPSA) is 69.4 Å². The van der Waals surface area contributed by atoms with Crippen LogP contribution in [-0.4, -0.2) is 17.3 Å². The van der Waals surface area contributed by atoms with Gasteiger partial charge in [-0.2, -0.15) is 0 Å². The molecular weight excluding hydrogens is 265 g/mol. The molecule has 0 aromatic heterocycles. The van der Waals surface area contributed by atoms with Gasteiger partial charge in [-0.15, -0.1) is 12.4 Å². The number of carbonyl (C=O) groups is 2. The van der Waals surface area contributed by atoms with Gasteiger partial charge in [-0.1, -0.05) is 30.3 Å². The van der Waals surface area contributed by atoms with Crippen LogP contribution in [0, 0.1) is 0 Å². The number of carbonyl (C=O) groups excluding carboxylic acids is 2. The molecule has 0 aliphatic heterocycles. The molecule has 1 aromatic rings. The summed E-state index contributed by atoms with van der Waals surface area (Å²) in [6.07, 6.45) is -1.10. The molecule has 2 N–H and O–H groups in total. The zero-order chi connectivity index (χ0) is 12.1. The van der Waals surface area contributed by atoms with Crippen LogP contribution in [0.2, 0.25) is 0 Å². The molecule has 1 unspecified atom stereocenters. The number of esters is 1. The fraction of sp³-hybridized carbons (Fsp3) is 0.273. The zero-order valence-corrected chi connectivity index (χ0v) is 10.7. The normalized spacial score (nSPS) is 13.1. The van der Waals surface area contributed by atoms with Crippen LogP contribution in [0.15, 0.2) is 30.3 Å². The first-order chi connectivity index (χ1) is 7.52. The Hall–Kier alpha value is -1.10. The standard InChI is InChI=1S/C11H12ClNO3.ClH/c1-7(13)11(15)16-9(10(12)14)8-5-3-2-4-6-8;/h2-7,9H,13H2,1H3;1H/t7-,9?;/m0./s1. The number of benzene rings is 1. The molecule has 1 rings (SSSR count). The minimum Gasteiger partial charge on any atom is -0.447 e. The quantitative estimate of drug-likeness (QED) is 0.673. The minimum atomic E-state index is -1.10. The molecule has 0 saturated carbocycles. The first-order valence-corrected chi connectivity index (χ1v) is 5.10. The predicted octanol–water partition coefficient (Wildman–Crippen LogP) is 1.81. The predicted molar refractivity (Wildman–Crippen MR) is 67.0 cm³/mol. The molecule has 94 valence electrons. The van der Waals surface area contributed by atoms with E-state index in [0.717, 1.165) is 0 Å². The Morgan fingerprint density at radius 1 is 1.29 bits per heavy atom. The Morgan fingerprint density at radius 2 is 1.82 bits per heavy atom. The van der Waals surface area contributed by atoms with Crippen LogP contribution in [0.4, 0.5) is 0 Å². The SMILES string of the molecule is C[C@H](N)C(=O)OC(C(=O)Cl)c1ccccc1.Cl. The van der Waals surface area contributed by atoms with E-state index in [4.69, 9.17) is 22.1 Å². The van der Waals surface area contributed by atoms with Gasteiger partial charge in [0.2, 0.25) is 6.10 Å². The summed E-state index contributed by atoms with van der Waals surface area (Å²) >= 11 is 5.37. The van der Waals surface area contributed by atoms with Crippen molar-refractivity contribution in [1.29, 1.82) is 0 Å². The fourth-order valence-electron chi connectivity index (χ4n) is 1.10. The lowest BCUT2D eigenvalue weighted by Gasteiger charge is -2.15. The molecule has 4 nitrogen and oxygen atoms in total. The van der Waals surface area contributed by atoms with Crippen LogP contribution in [-0.2, 0) is 14.3 Å². The fourth-order valence-corrected chi connectivity index (χ4v) is 1.27. The maximum atomic E-state index is 11.3. The summed E-state index contributed by atoms with van der Waals surface area (Å²) < 4.78 is 4.91. The van der Waals surface area contributed by atoms with E-state index in [2.05, 4.69) is 0 Å². The van der Waals surface area contributed by atoms with Crippen molar-refractivity contribution in [1.82, 2.24) is 0 Å². The highest BCUT2D eigenvalue weighted by atomic mass is 35.5. The van der Waals surface area contributed by atoms with Crippen LogP contribution in [0.3, 0.4) is 0 Å². The summed E-state index contributed by atoms with van der Waals surface area (Å²) in [5.74, 6) is -0.664. The van der Waals surface area contributed by atoms with Crippen molar-refractivity contribution in [2.75, 3.05) is 0 Å². The van der Waals surface area contributed by atoms with E-state index < -0.39 is 23.4 Å². The molecule has 6 heteroatoms. The molecule has 2 atom stereocenters. The van der Waals surface area contributed by atoms with Crippen LogP contribution in [0.1, 0.15) is 18.6 Å². The van der Waals surface area contributed by atoms with Gasteiger partial charge >= 0.3 is 5.97 Å². The van der Waals surface area contributed by atoms with Crippen molar-refractivity contribution >= 4 is 35.2 Å². The number of ether oxygens (including phenoxy) is 1. The number of hydrogen-bond acceptors (Lipinski definition) is 4. The van der Waals surface area contributed by atoms with Crippen LogP contribution in [0.5, 0.6) is 0 Å². The van der Waals surface area contributed by atoms with Crippen molar-refractivity contribution < 1.29 is 14.3 Å². The maximum Gasteiger partial charge on any atom is 0.323 e. The minimum absolute atomic E-state index is 0. The molecule has 0 aliphatic carbocycles. The average molecular weight is 278 g/mol. The highest BCUT2D eigenvalue weighted by Crippen LogP contribution is 2.20. The lowest BCUT2D eigenvalue weighted by molar-refractivity contribution is -0.154. The lowest BCUT2D eigenvalue weighted by atomic mass is 10.1. The second-order valence-corrected chi connectivity index (χ2v) is 3.69. The Kier molecular flexibility index (Phi) is 6.80. The van der Waals surface area contributed by atoms with Crippen molar-refractivity contribution in [2.45, 2.75) is 19.1 Å². The van der Waals surface area contributed by atoms with Crippen LogP contribution >= 0.6 is 24.0 Å². The van der Waals surface area contributed by atoms with Crippen molar-refractivity contribution in [2.24, 2.45) is 5.73 Å². The lowest BCUT2D eigenvalue weighted by Crippen LogP contribution is -2.31. The molecule has 0 amide bonds. The molecule has 0 radical (unpaired) electrons. The summed E-state index contributed by atoms with van der Waals surface area (Å²) in [4.78, 5) is 22.4. The summed E-state index contributed by atoms with van der Waals surface area (Å²) in [5.41, 5.74) is 5.86. The van der Waals surface area contributed by atoms with Crippen molar-refractivity contribution in [3.8, 4) is 0 Å². The summed E-state index contributed by atoms with van der Waals surface area (Å²) in [5, 5.41) is -0.750. The van der Waals surface area contributed by atoms with Gasteiger partial charge in [-0.05, 0) is 18.5 Å². The maximum absolute atomic E-state index is 11.3. The largest absolute Gasteiger partial charge is 0.447 e. The van der Waals surface area contributed by atoms with Gasteiger partial charge in [0.15, 0.2) is 0 Å². The van der Waals surface area contributed by atoms with Crippen LogP contribution < -0.4 is 5.73 Å². The average Bonchev–Trinajstić information content (AvgIpc) is 2.26. The van der Waals surface area contributed by atoms with E-state index in [1.807, 2.05) is 0 Å². The van der Waals surface area contributed by atoms with Crippen LogP contribution in [0.25, 0.3) is 0 Å². The second-order valence-electron chi connectivity index (χ2n) is 3.32. The van der Waals surface area contributed by atoms with E-state index in [-0.39, 0.29) is 12.4 Å². The van der Waals surface area contributed by atoms with Gasteiger partial charge in [0.1, 0.15) is 6.04 Å². The number of hydrogen-bond donors (Lipinski definition) is 1. The summed E-state index contributed by atoms with van der Waals surface area (Å²) in [7, 11) is 0. The van der Waals surface area contributed by atoms with Gasteiger partial charge in [0.05, 0.1) is 0 Å². The monoisotopic (exact) mass is 277 g/mol. The Balaban J connectivity index is 0.00000256. The molecule has 17 heavy (non-hydrogen) atoms. The summed E-state index contributed by atoms with van der Waals surface area (Å²) in [6, 6.07) is 7.75. The zero-order valence-electron chi connectivity index (χ0n) is 9.13. The first kappa shape index (κ1) is 15.9. The molecule has 0 spiro atoms. The van der Waals surface area contributed by atoms with Gasteiger partial charge in [-0.25, -0.2) is 0 Å². The smallest absolute Gasteiger partial charge is 0.323 e. The van der Waals surface area contributed by atoms with Gasteiger partial charge < -0.3 is 10.5 Å². The Bertz CT molecular complexity index is 382. The van der Waals surface area contributed by atoms with Gasteiger partial charge in [0, 0.05) is 5.56 Å². The summed E-state index contributed by atoms with van der Waals surface area (Å²) in [6.45, 7) is 1.48. The molecule has 0 saturated heterocycles. The third-order valence-corrected chi connectivity index (χ3v) is 2.11. The molecule has 0 fully saturated rings. The molecule has 0 heterocycles. The highest BCUT2D eigenvalue weighted by Gasteiger charge is 2.24. The molecular formula is C11H13Cl2NO3. The van der Waals surface area contributed by atoms with Crippen molar-refractivity contribution in [3.05, 3.63) is 35.9 Å². The van der Waals surface area contributed by atoms with E-state index in [0.29, 0.717) is 5.56 Å². The van der Waals surface area contributed by atoms with Gasteiger partial charge in [0.25, 0.3) is 5.24 Å². The number of rotatable bonds is 4. The molecule has 0 aliphatic rings. The highest BCUT2D eigenvalue weighted by molar-refractivity contribution is 6.64. The van der Waals surface area contributed by atoms with E-state index in [1.165, 1.54) is 6.92 Å². The molecule has 0 bridgehead atoms. The third kappa shape index (κ3) is 4.73. The first-order valence-electron chi connectivity index (χ1n) is 4.72. The van der Waals surface area contributed by atoms with Crippen molar-refractivity contribution in [3.63, 3.8) is 0 Å².